The maximum absolute atomic E-state index is 6.29. The number of rotatable bonds is 6. The first-order chi connectivity index (χ1) is 9.22. The van der Waals surface area contributed by atoms with Gasteiger partial charge in [-0.25, -0.2) is 0 Å². The van der Waals surface area contributed by atoms with Gasteiger partial charge in [0.15, 0.2) is 0 Å². The van der Waals surface area contributed by atoms with Crippen LogP contribution in [0.4, 0.5) is 0 Å². The maximum atomic E-state index is 6.29. The molecule has 1 aliphatic heterocycles. The topological polar surface area (TPSA) is 51.6 Å². The van der Waals surface area contributed by atoms with Crippen LogP contribution >= 0.6 is 0 Å². The second kappa shape index (κ2) is 7.08. The van der Waals surface area contributed by atoms with Crippen LogP contribution in [0.3, 0.4) is 0 Å². The molecule has 1 aliphatic rings. The second-order valence-electron chi connectivity index (χ2n) is 5.53. The third-order valence-electron chi connectivity index (χ3n) is 4.07. The minimum absolute atomic E-state index is 0.107. The number of furan rings is 1. The predicted molar refractivity (Wildman–Crippen MR) is 75.9 cm³/mol. The van der Waals surface area contributed by atoms with E-state index in [2.05, 4.69) is 18.9 Å². The number of likely N-dealkylation sites (N-methyl/N-ethyl adjacent to an activating group) is 1. The summed E-state index contributed by atoms with van der Waals surface area (Å²) in [6, 6.07) is 4.24. The second-order valence-corrected chi connectivity index (χ2v) is 5.53. The summed E-state index contributed by atoms with van der Waals surface area (Å²) >= 11 is 0. The summed E-state index contributed by atoms with van der Waals surface area (Å²) in [5.74, 6) is 1.68. The summed E-state index contributed by atoms with van der Waals surface area (Å²) in [6.45, 7) is 4.97. The predicted octanol–water partition coefficient (Wildman–Crippen LogP) is 2.42. The van der Waals surface area contributed by atoms with E-state index < -0.39 is 0 Å². The van der Waals surface area contributed by atoms with E-state index >= 15 is 0 Å². The molecule has 1 aromatic heterocycles. The molecule has 2 rings (SSSR count). The Labute approximate surface area is 115 Å². The maximum Gasteiger partial charge on any atom is 0.122 e. The fraction of sp³-hybridized carbons (Fsp3) is 0.733. The van der Waals surface area contributed by atoms with Crippen molar-refractivity contribution in [3.8, 4) is 0 Å². The van der Waals surface area contributed by atoms with Crippen LogP contribution in [0.15, 0.2) is 22.8 Å². The van der Waals surface area contributed by atoms with Gasteiger partial charge in [0.2, 0.25) is 0 Å². The molecule has 2 atom stereocenters. The van der Waals surface area contributed by atoms with Crippen LogP contribution in [0.2, 0.25) is 0 Å². The van der Waals surface area contributed by atoms with Gasteiger partial charge in [-0.1, -0.05) is 6.92 Å². The molecule has 0 aliphatic carbocycles. The molecule has 0 aromatic carbocycles. The molecule has 108 valence electrons. The Hall–Kier alpha value is -0.840. The van der Waals surface area contributed by atoms with Crippen molar-refractivity contribution in [3.63, 3.8) is 0 Å². The Morgan fingerprint density at radius 1 is 1.42 bits per heavy atom. The first-order valence-electron chi connectivity index (χ1n) is 7.29. The third-order valence-corrected chi connectivity index (χ3v) is 4.07. The molecule has 4 nitrogen and oxygen atoms in total. The Balaban J connectivity index is 2.00. The monoisotopic (exact) mass is 266 g/mol. The van der Waals surface area contributed by atoms with Gasteiger partial charge in [0.1, 0.15) is 5.76 Å². The number of hydrogen-bond donors (Lipinski definition) is 1. The van der Waals surface area contributed by atoms with Crippen LogP contribution < -0.4 is 5.73 Å². The standard InChI is InChI=1S/C15H26N2O2/c1-3-13(16)15(14-5-4-8-19-14)17(2)11-12-6-9-18-10-7-12/h4-5,8,12-13,15H,3,6-7,9-11,16H2,1-2H3. The van der Waals surface area contributed by atoms with E-state index in [1.165, 1.54) is 0 Å². The molecule has 0 spiro atoms. The quantitative estimate of drug-likeness (QED) is 0.859. The molecule has 1 saturated heterocycles. The number of nitrogens with two attached hydrogens (primary N) is 1. The van der Waals surface area contributed by atoms with E-state index in [1.807, 2.05) is 12.1 Å². The minimum atomic E-state index is 0.107. The first kappa shape index (κ1) is 14.6. The Morgan fingerprint density at radius 3 is 2.74 bits per heavy atom. The van der Waals surface area contributed by atoms with Gasteiger partial charge in [-0.05, 0) is 44.4 Å². The van der Waals surface area contributed by atoms with Gasteiger partial charge < -0.3 is 14.9 Å². The largest absolute Gasteiger partial charge is 0.468 e. The van der Waals surface area contributed by atoms with Crippen LogP contribution in [0, 0.1) is 5.92 Å². The van der Waals surface area contributed by atoms with Crippen molar-refractivity contribution < 1.29 is 9.15 Å². The van der Waals surface area contributed by atoms with Gasteiger partial charge >= 0.3 is 0 Å². The van der Waals surface area contributed by atoms with Crippen molar-refractivity contribution in [2.24, 2.45) is 11.7 Å². The summed E-state index contributed by atoms with van der Waals surface area (Å²) in [5.41, 5.74) is 6.29. The number of nitrogens with zero attached hydrogens (tertiary/aromatic N) is 1. The third kappa shape index (κ3) is 3.81. The van der Waals surface area contributed by atoms with Crippen LogP contribution in [-0.4, -0.2) is 37.7 Å². The lowest BCUT2D eigenvalue weighted by atomic mass is 9.96. The fourth-order valence-electron chi connectivity index (χ4n) is 2.89. The van der Waals surface area contributed by atoms with Gasteiger partial charge in [0, 0.05) is 25.8 Å². The lowest BCUT2D eigenvalue weighted by molar-refractivity contribution is 0.0461. The zero-order valence-electron chi connectivity index (χ0n) is 12.0. The zero-order valence-corrected chi connectivity index (χ0v) is 12.0. The van der Waals surface area contributed by atoms with E-state index in [0.29, 0.717) is 5.92 Å². The van der Waals surface area contributed by atoms with Crippen LogP contribution in [0.5, 0.6) is 0 Å². The molecule has 0 radical (unpaired) electrons. The lowest BCUT2D eigenvalue weighted by Gasteiger charge is -2.34. The zero-order chi connectivity index (χ0) is 13.7. The highest BCUT2D eigenvalue weighted by Gasteiger charge is 2.27. The van der Waals surface area contributed by atoms with Gasteiger partial charge in [0.05, 0.1) is 12.3 Å². The lowest BCUT2D eigenvalue weighted by Crippen LogP contribution is -2.41. The SMILES string of the molecule is CCC(N)C(c1ccco1)N(C)CC1CCOCC1. The smallest absolute Gasteiger partial charge is 0.122 e. The Morgan fingerprint density at radius 2 is 2.16 bits per heavy atom. The van der Waals surface area contributed by atoms with Crippen LogP contribution in [-0.2, 0) is 4.74 Å². The van der Waals surface area contributed by atoms with Crippen molar-refractivity contribution >= 4 is 0 Å². The molecule has 2 N–H and O–H groups in total. The van der Waals surface area contributed by atoms with Crippen molar-refractivity contribution in [3.05, 3.63) is 24.2 Å². The summed E-state index contributed by atoms with van der Waals surface area (Å²) in [7, 11) is 2.15. The van der Waals surface area contributed by atoms with E-state index in [1.54, 1.807) is 6.26 Å². The van der Waals surface area contributed by atoms with Crippen molar-refractivity contribution in [2.75, 3.05) is 26.8 Å². The number of hydrogen-bond acceptors (Lipinski definition) is 4. The molecule has 2 unspecified atom stereocenters. The summed E-state index contributed by atoms with van der Waals surface area (Å²) in [4.78, 5) is 2.35. The van der Waals surface area contributed by atoms with Crippen molar-refractivity contribution in [1.29, 1.82) is 0 Å². The minimum Gasteiger partial charge on any atom is -0.468 e. The Bertz CT molecular complexity index is 347. The summed E-state index contributed by atoms with van der Waals surface area (Å²) in [5, 5.41) is 0. The van der Waals surface area contributed by atoms with Gasteiger partial charge in [-0.15, -0.1) is 0 Å². The highest BCUT2D eigenvalue weighted by molar-refractivity contribution is 5.07. The molecule has 19 heavy (non-hydrogen) atoms. The molecular weight excluding hydrogens is 240 g/mol. The van der Waals surface area contributed by atoms with E-state index in [0.717, 1.165) is 44.8 Å². The van der Waals surface area contributed by atoms with Gasteiger partial charge in [0.25, 0.3) is 0 Å². The molecule has 1 fully saturated rings. The van der Waals surface area contributed by atoms with Crippen LogP contribution in [0.25, 0.3) is 0 Å². The van der Waals surface area contributed by atoms with E-state index in [9.17, 15) is 0 Å². The summed E-state index contributed by atoms with van der Waals surface area (Å²) in [6.07, 6.45) is 4.98. The molecule has 0 bridgehead atoms. The van der Waals surface area contributed by atoms with E-state index in [4.69, 9.17) is 14.9 Å². The fourth-order valence-corrected chi connectivity index (χ4v) is 2.89. The van der Waals surface area contributed by atoms with Gasteiger partial charge in [-0.2, -0.15) is 0 Å². The highest BCUT2D eigenvalue weighted by atomic mass is 16.5. The van der Waals surface area contributed by atoms with E-state index in [-0.39, 0.29) is 12.1 Å². The first-order valence-corrected chi connectivity index (χ1v) is 7.29. The highest BCUT2D eigenvalue weighted by Crippen LogP contribution is 2.27. The molecule has 0 amide bonds. The normalized spacial score (nSPS) is 20.6. The average Bonchev–Trinajstić information content (AvgIpc) is 2.93. The molecule has 2 heterocycles. The molecule has 0 saturated carbocycles. The molecule has 4 heteroatoms. The average molecular weight is 266 g/mol. The Kier molecular flexibility index (Phi) is 5.43. The van der Waals surface area contributed by atoms with Crippen molar-refractivity contribution in [2.45, 2.75) is 38.3 Å². The van der Waals surface area contributed by atoms with Crippen molar-refractivity contribution in [1.82, 2.24) is 4.90 Å². The van der Waals surface area contributed by atoms with Crippen LogP contribution in [0.1, 0.15) is 38.0 Å². The summed E-state index contributed by atoms with van der Waals surface area (Å²) < 4.78 is 11.0. The van der Waals surface area contributed by atoms with Gasteiger partial charge in [-0.3, -0.25) is 4.90 Å². The molecule has 1 aromatic rings. The number of ether oxygens (including phenoxy) is 1. The molecular formula is C15H26N2O2.